The molecule has 0 amide bonds. The van der Waals surface area contributed by atoms with Crippen LogP contribution in [-0.2, 0) is 0 Å². The number of hydrogen-bond donors (Lipinski definition) is 3. The zero-order valence-corrected chi connectivity index (χ0v) is 19.9. The van der Waals surface area contributed by atoms with Gasteiger partial charge in [0, 0.05) is 28.8 Å². The van der Waals surface area contributed by atoms with E-state index in [2.05, 4.69) is 15.2 Å². The number of aromatic amines is 2. The first-order valence-electron chi connectivity index (χ1n) is 12.4. The van der Waals surface area contributed by atoms with E-state index in [4.69, 9.17) is 4.42 Å². The molecular weight excluding hydrogens is 446 g/mol. The van der Waals surface area contributed by atoms with Crippen molar-refractivity contribution in [3.8, 4) is 16.9 Å². The lowest BCUT2D eigenvalue weighted by Gasteiger charge is -2.21. The molecule has 1 saturated carbocycles. The first-order valence-corrected chi connectivity index (χ1v) is 12.4. The molecule has 1 aliphatic carbocycles. The summed E-state index contributed by atoms with van der Waals surface area (Å²) in [4.78, 5) is 29.0. The van der Waals surface area contributed by atoms with Gasteiger partial charge in [0.15, 0.2) is 11.2 Å². The number of aromatic hydroxyl groups is 1. The average Bonchev–Trinajstić information content (AvgIpc) is 3.52. The van der Waals surface area contributed by atoms with E-state index in [1.54, 1.807) is 12.3 Å². The van der Waals surface area contributed by atoms with Gasteiger partial charge in [0.25, 0.3) is 5.56 Å². The fraction of sp³-hybridized carbons (Fsp3) is 0.423. The summed E-state index contributed by atoms with van der Waals surface area (Å²) in [7, 11) is 0. The molecule has 9 heteroatoms. The van der Waals surface area contributed by atoms with Crippen molar-refractivity contribution in [3.63, 3.8) is 0 Å². The number of nitrogens with zero attached hydrogens (tertiary/aromatic N) is 3. The summed E-state index contributed by atoms with van der Waals surface area (Å²) >= 11 is 0. The molecule has 0 spiro atoms. The van der Waals surface area contributed by atoms with Gasteiger partial charge in [-0.15, -0.1) is 0 Å². The Morgan fingerprint density at radius 1 is 1.09 bits per heavy atom. The van der Waals surface area contributed by atoms with E-state index in [-0.39, 0.29) is 23.2 Å². The average molecular weight is 476 g/mol. The minimum Gasteiger partial charge on any atom is -0.502 e. The van der Waals surface area contributed by atoms with Crippen molar-refractivity contribution in [3.05, 3.63) is 45.1 Å². The molecule has 6 rings (SSSR count). The number of rotatable bonds is 3. The molecule has 5 aromatic rings. The van der Waals surface area contributed by atoms with Crippen molar-refractivity contribution in [1.82, 2.24) is 24.5 Å². The molecule has 1 aliphatic rings. The lowest BCUT2D eigenvalue weighted by molar-refractivity contribution is 0.353. The van der Waals surface area contributed by atoms with Gasteiger partial charge in [-0.1, -0.05) is 32.1 Å². The summed E-state index contributed by atoms with van der Waals surface area (Å²) in [6.07, 6.45) is 11.5. The van der Waals surface area contributed by atoms with Crippen LogP contribution in [0.15, 0.2) is 38.5 Å². The fourth-order valence-corrected chi connectivity index (χ4v) is 5.46. The Labute approximate surface area is 200 Å². The van der Waals surface area contributed by atoms with Crippen LogP contribution in [0.2, 0.25) is 0 Å². The molecule has 0 atom stereocenters. The highest BCUT2D eigenvalue weighted by Crippen LogP contribution is 2.40. The molecule has 3 N–H and O–H groups in total. The van der Waals surface area contributed by atoms with Gasteiger partial charge in [0.05, 0.1) is 23.1 Å². The first kappa shape index (κ1) is 21.8. The minimum atomic E-state index is -0.507. The van der Waals surface area contributed by atoms with Crippen molar-refractivity contribution < 1.29 is 9.52 Å². The maximum absolute atomic E-state index is 13.4. The molecule has 35 heavy (non-hydrogen) atoms. The number of H-pyrrole nitrogens is 2. The van der Waals surface area contributed by atoms with Gasteiger partial charge >= 0.3 is 0 Å². The molecule has 0 saturated heterocycles. The topological polar surface area (TPSA) is 122 Å². The molecule has 0 radical (unpaired) electrons. The molecule has 9 nitrogen and oxygen atoms in total. The van der Waals surface area contributed by atoms with E-state index < -0.39 is 11.2 Å². The number of aromatic nitrogens is 5. The Morgan fingerprint density at radius 2 is 1.83 bits per heavy atom. The Balaban J connectivity index is 1.71. The van der Waals surface area contributed by atoms with Gasteiger partial charge in [0.1, 0.15) is 5.65 Å². The summed E-state index contributed by atoms with van der Waals surface area (Å²) in [5, 5.41) is 19.1. The predicted octanol–water partition coefficient (Wildman–Crippen LogP) is 5.35. The summed E-state index contributed by atoms with van der Waals surface area (Å²) in [5.41, 5.74) is 2.48. The standard InChI is InChI=1S/C26H29N5O4/c1-14(2)30-13-15(12-27-30)19-20-25(31(29-26(20)34)16-8-6-4-3-5-7-9-16)28-21-17-10-11-18(32)22(33)23(17)35-24(19)21/h10-14,16,28,33H,3-9H2,1-2H3,(H,29,34). The van der Waals surface area contributed by atoms with E-state index >= 15 is 0 Å². The normalized spacial score (nSPS) is 16.0. The van der Waals surface area contributed by atoms with E-state index in [0.29, 0.717) is 33.1 Å². The van der Waals surface area contributed by atoms with Crippen molar-refractivity contribution in [2.45, 2.75) is 70.9 Å². The monoisotopic (exact) mass is 475 g/mol. The van der Waals surface area contributed by atoms with Crippen LogP contribution in [0.5, 0.6) is 5.75 Å². The third kappa shape index (κ3) is 3.40. The van der Waals surface area contributed by atoms with Crippen molar-refractivity contribution >= 4 is 33.1 Å². The molecule has 4 aromatic heterocycles. The number of phenolic OH excluding ortho intramolecular Hbond substituents is 1. The van der Waals surface area contributed by atoms with E-state index in [0.717, 1.165) is 31.2 Å². The lowest BCUT2D eigenvalue weighted by atomic mass is 9.97. The second-order valence-corrected chi connectivity index (χ2v) is 9.93. The zero-order chi connectivity index (χ0) is 24.3. The maximum atomic E-state index is 13.4. The number of pyridine rings is 1. The second kappa shape index (κ2) is 8.18. The Kier molecular flexibility index (Phi) is 5.09. The summed E-state index contributed by atoms with van der Waals surface area (Å²) < 4.78 is 9.91. The molecule has 0 bridgehead atoms. The summed E-state index contributed by atoms with van der Waals surface area (Å²) in [5.74, 6) is -0.433. The van der Waals surface area contributed by atoms with Crippen molar-refractivity contribution in [1.29, 1.82) is 0 Å². The number of phenols is 1. The van der Waals surface area contributed by atoms with Crippen LogP contribution < -0.4 is 11.0 Å². The van der Waals surface area contributed by atoms with Crippen LogP contribution in [0, 0.1) is 0 Å². The second-order valence-electron chi connectivity index (χ2n) is 9.93. The van der Waals surface area contributed by atoms with Gasteiger partial charge < -0.3 is 14.5 Å². The number of furan rings is 1. The fourth-order valence-electron chi connectivity index (χ4n) is 5.46. The van der Waals surface area contributed by atoms with Crippen LogP contribution >= 0.6 is 0 Å². The summed E-state index contributed by atoms with van der Waals surface area (Å²) in [6, 6.07) is 3.31. The van der Waals surface area contributed by atoms with Crippen molar-refractivity contribution in [2.75, 3.05) is 0 Å². The SMILES string of the molecule is CC(C)n1cc(-c2c3oc4c(O)c(=O)ccc4c3[nH]c3c2c(=O)[nH]n3C2CCCCCCC2)cn1. The number of benzene rings is 1. The van der Waals surface area contributed by atoms with Crippen LogP contribution in [0.25, 0.3) is 44.2 Å². The van der Waals surface area contributed by atoms with Gasteiger partial charge in [-0.25, -0.2) is 0 Å². The van der Waals surface area contributed by atoms with Gasteiger partial charge in [-0.05, 0) is 38.8 Å². The van der Waals surface area contributed by atoms with Crippen molar-refractivity contribution in [2.24, 2.45) is 0 Å². The molecular formula is C26H29N5O4. The molecule has 182 valence electrons. The van der Waals surface area contributed by atoms with Gasteiger partial charge in [0.2, 0.25) is 11.2 Å². The molecule has 4 heterocycles. The number of hydrogen-bond acceptors (Lipinski definition) is 5. The van der Waals surface area contributed by atoms with Gasteiger partial charge in [-0.3, -0.25) is 24.1 Å². The highest BCUT2D eigenvalue weighted by Gasteiger charge is 2.26. The van der Waals surface area contributed by atoms with Crippen LogP contribution in [0.3, 0.4) is 0 Å². The van der Waals surface area contributed by atoms with Crippen LogP contribution in [-0.4, -0.2) is 29.7 Å². The Morgan fingerprint density at radius 3 is 2.54 bits per heavy atom. The largest absolute Gasteiger partial charge is 0.502 e. The lowest BCUT2D eigenvalue weighted by Crippen LogP contribution is -2.15. The number of fused-ring (bicyclic) bond motifs is 4. The molecule has 1 fully saturated rings. The minimum absolute atomic E-state index is 0.114. The third-order valence-electron chi connectivity index (χ3n) is 7.30. The predicted molar refractivity (Wildman–Crippen MR) is 135 cm³/mol. The van der Waals surface area contributed by atoms with E-state index in [1.807, 2.05) is 29.4 Å². The van der Waals surface area contributed by atoms with Gasteiger partial charge in [-0.2, -0.15) is 5.10 Å². The molecule has 0 aliphatic heterocycles. The highest BCUT2D eigenvalue weighted by atomic mass is 16.4. The Hall–Kier alpha value is -3.75. The van der Waals surface area contributed by atoms with Crippen LogP contribution in [0.4, 0.5) is 0 Å². The Bertz CT molecular complexity index is 1670. The molecule has 1 aromatic carbocycles. The zero-order valence-electron chi connectivity index (χ0n) is 19.9. The smallest absolute Gasteiger partial charge is 0.274 e. The van der Waals surface area contributed by atoms with Crippen LogP contribution in [0.1, 0.15) is 70.9 Å². The number of nitrogens with one attached hydrogen (secondary N) is 2. The highest BCUT2D eigenvalue weighted by molar-refractivity contribution is 6.15. The molecule has 0 unspecified atom stereocenters. The quantitative estimate of drug-likeness (QED) is 0.325. The first-order chi connectivity index (χ1) is 16.9. The summed E-state index contributed by atoms with van der Waals surface area (Å²) in [6.45, 7) is 4.07. The third-order valence-corrected chi connectivity index (χ3v) is 7.30. The maximum Gasteiger partial charge on any atom is 0.274 e. The van der Waals surface area contributed by atoms with E-state index in [9.17, 15) is 14.7 Å². The van der Waals surface area contributed by atoms with E-state index in [1.165, 1.54) is 25.3 Å².